The van der Waals surface area contributed by atoms with Crippen molar-refractivity contribution in [2.75, 3.05) is 30.3 Å². The summed E-state index contributed by atoms with van der Waals surface area (Å²) in [4.78, 5) is 36.6. The summed E-state index contributed by atoms with van der Waals surface area (Å²) in [6.07, 6.45) is 0. The van der Waals surface area contributed by atoms with Crippen molar-refractivity contribution in [1.82, 2.24) is 4.90 Å². The number of nitrogens with one attached hydrogen (secondary N) is 2. The molecule has 0 aliphatic carbocycles. The van der Waals surface area contributed by atoms with E-state index in [9.17, 15) is 19.7 Å². The highest BCUT2D eigenvalue weighted by Crippen LogP contribution is 2.21. The molecule has 2 aromatic rings. The molecule has 0 aliphatic rings. The van der Waals surface area contributed by atoms with Crippen LogP contribution in [0.25, 0.3) is 0 Å². The summed E-state index contributed by atoms with van der Waals surface area (Å²) in [7, 11) is 0. The van der Waals surface area contributed by atoms with Crippen LogP contribution < -0.4 is 10.6 Å². The molecule has 2 aromatic carbocycles. The van der Waals surface area contributed by atoms with E-state index in [0.29, 0.717) is 30.0 Å². The molecule has 0 spiro atoms. The van der Waals surface area contributed by atoms with Gasteiger partial charge in [0.1, 0.15) is 0 Å². The van der Waals surface area contributed by atoms with E-state index in [2.05, 4.69) is 10.6 Å². The van der Waals surface area contributed by atoms with Gasteiger partial charge in [0.2, 0.25) is 5.91 Å². The van der Waals surface area contributed by atoms with Gasteiger partial charge in [-0.3, -0.25) is 19.7 Å². The number of non-ortho nitro benzene ring substituents is 1. The van der Waals surface area contributed by atoms with Crippen LogP contribution in [0, 0.1) is 17.0 Å². The molecule has 0 fully saturated rings. The molecule has 0 unspecified atom stereocenters. The van der Waals surface area contributed by atoms with Gasteiger partial charge < -0.3 is 15.5 Å². The van der Waals surface area contributed by atoms with Crippen LogP contribution in [-0.4, -0.2) is 41.3 Å². The SMILES string of the molecule is CCN(CC)C(=O)c1ccc(NC(=O)CNc2cc([N+](=O)[O-])ccc2C)cc1. The normalized spacial score (nSPS) is 10.2. The standard InChI is InChI=1S/C20H24N4O4/c1-4-23(5-2)20(26)15-7-9-16(10-8-15)22-19(25)13-21-18-12-17(24(27)28)11-6-14(18)3/h6-12,21H,4-5,13H2,1-3H3,(H,22,25). The number of amides is 2. The van der Waals surface area contributed by atoms with Gasteiger partial charge >= 0.3 is 0 Å². The maximum absolute atomic E-state index is 12.3. The molecule has 0 saturated heterocycles. The minimum Gasteiger partial charge on any atom is -0.376 e. The molecular formula is C20H24N4O4. The number of benzene rings is 2. The molecule has 2 amide bonds. The Morgan fingerprint density at radius 2 is 1.71 bits per heavy atom. The molecule has 0 atom stereocenters. The van der Waals surface area contributed by atoms with Crippen LogP contribution in [0.3, 0.4) is 0 Å². The Morgan fingerprint density at radius 1 is 1.07 bits per heavy atom. The second kappa shape index (κ2) is 9.50. The van der Waals surface area contributed by atoms with Gasteiger partial charge in [0.15, 0.2) is 0 Å². The Bertz CT molecular complexity index is 861. The van der Waals surface area contributed by atoms with Gasteiger partial charge in [0.05, 0.1) is 11.5 Å². The zero-order valence-corrected chi connectivity index (χ0v) is 16.2. The van der Waals surface area contributed by atoms with E-state index in [0.717, 1.165) is 5.56 Å². The third-order valence-electron chi connectivity index (χ3n) is 4.34. The van der Waals surface area contributed by atoms with Gasteiger partial charge in [-0.05, 0) is 50.6 Å². The Balaban J connectivity index is 1.96. The lowest BCUT2D eigenvalue weighted by atomic mass is 10.1. The van der Waals surface area contributed by atoms with Gasteiger partial charge in [0.25, 0.3) is 11.6 Å². The van der Waals surface area contributed by atoms with Gasteiger partial charge in [-0.15, -0.1) is 0 Å². The number of carbonyl (C=O) groups is 2. The molecule has 148 valence electrons. The van der Waals surface area contributed by atoms with Gasteiger partial charge in [0, 0.05) is 42.2 Å². The lowest BCUT2D eigenvalue weighted by Gasteiger charge is -2.18. The third-order valence-corrected chi connectivity index (χ3v) is 4.34. The first kappa shape index (κ1) is 20.9. The molecule has 8 heteroatoms. The summed E-state index contributed by atoms with van der Waals surface area (Å²) in [6, 6.07) is 11.1. The number of carbonyl (C=O) groups excluding carboxylic acids is 2. The summed E-state index contributed by atoms with van der Waals surface area (Å²) in [5.74, 6) is -0.348. The Morgan fingerprint density at radius 3 is 2.29 bits per heavy atom. The van der Waals surface area contributed by atoms with E-state index < -0.39 is 4.92 Å². The molecule has 0 aromatic heterocycles. The fourth-order valence-corrected chi connectivity index (χ4v) is 2.68. The van der Waals surface area contributed by atoms with Crippen molar-refractivity contribution in [2.24, 2.45) is 0 Å². The number of nitro benzene ring substituents is 1. The number of hydrogen-bond acceptors (Lipinski definition) is 5. The monoisotopic (exact) mass is 384 g/mol. The van der Waals surface area contributed by atoms with Gasteiger partial charge in [-0.25, -0.2) is 0 Å². The van der Waals surface area contributed by atoms with Crippen LogP contribution >= 0.6 is 0 Å². The third kappa shape index (κ3) is 5.29. The summed E-state index contributed by atoms with van der Waals surface area (Å²) in [6.45, 7) is 6.88. The molecule has 2 N–H and O–H groups in total. The van der Waals surface area contributed by atoms with Crippen LogP contribution in [0.1, 0.15) is 29.8 Å². The highest BCUT2D eigenvalue weighted by Gasteiger charge is 2.13. The fourth-order valence-electron chi connectivity index (χ4n) is 2.68. The molecule has 0 saturated carbocycles. The van der Waals surface area contributed by atoms with E-state index in [1.807, 2.05) is 13.8 Å². The topological polar surface area (TPSA) is 105 Å². The molecule has 0 bridgehead atoms. The predicted octanol–water partition coefficient (Wildman–Crippen LogP) is 3.44. The first-order valence-corrected chi connectivity index (χ1v) is 9.03. The fraction of sp³-hybridized carbons (Fsp3) is 0.300. The quantitative estimate of drug-likeness (QED) is 0.536. The molecule has 2 rings (SSSR count). The number of nitro groups is 1. The largest absolute Gasteiger partial charge is 0.376 e. The summed E-state index contributed by atoms with van der Waals surface area (Å²) in [5.41, 5.74) is 2.43. The van der Waals surface area contributed by atoms with E-state index in [4.69, 9.17) is 0 Å². The average Bonchev–Trinajstić information content (AvgIpc) is 2.68. The molecule has 0 radical (unpaired) electrons. The predicted molar refractivity (Wildman–Crippen MR) is 109 cm³/mol. The van der Waals surface area contributed by atoms with Crippen LogP contribution in [0.15, 0.2) is 42.5 Å². The van der Waals surface area contributed by atoms with Crippen molar-refractivity contribution in [3.63, 3.8) is 0 Å². The van der Waals surface area contributed by atoms with Crippen LogP contribution in [0.5, 0.6) is 0 Å². The minimum atomic E-state index is -0.480. The van der Waals surface area contributed by atoms with Gasteiger partial charge in [-0.2, -0.15) is 0 Å². The molecule has 28 heavy (non-hydrogen) atoms. The molecular weight excluding hydrogens is 360 g/mol. The lowest BCUT2D eigenvalue weighted by molar-refractivity contribution is -0.384. The number of nitrogens with zero attached hydrogens (tertiary/aromatic N) is 2. The van der Waals surface area contributed by atoms with Crippen molar-refractivity contribution in [2.45, 2.75) is 20.8 Å². The van der Waals surface area contributed by atoms with Crippen molar-refractivity contribution < 1.29 is 14.5 Å². The van der Waals surface area contributed by atoms with Crippen molar-refractivity contribution in [3.8, 4) is 0 Å². The maximum atomic E-state index is 12.3. The number of aryl methyl sites for hydroxylation is 1. The van der Waals surface area contributed by atoms with Crippen LogP contribution in [-0.2, 0) is 4.79 Å². The Kier molecular flexibility index (Phi) is 7.08. The van der Waals surface area contributed by atoms with E-state index in [1.54, 1.807) is 42.2 Å². The number of rotatable bonds is 8. The Hall–Kier alpha value is -3.42. The maximum Gasteiger partial charge on any atom is 0.271 e. The number of hydrogen-bond donors (Lipinski definition) is 2. The smallest absolute Gasteiger partial charge is 0.271 e. The highest BCUT2D eigenvalue weighted by atomic mass is 16.6. The zero-order chi connectivity index (χ0) is 20.7. The highest BCUT2D eigenvalue weighted by molar-refractivity contribution is 5.96. The van der Waals surface area contributed by atoms with Crippen LogP contribution in [0.2, 0.25) is 0 Å². The minimum absolute atomic E-state index is 0.0395. The second-order valence-electron chi connectivity index (χ2n) is 6.21. The van der Waals surface area contributed by atoms with Crippen molar-refractivity contribution in [1.29, 1.82) is 0 Å². The van der Waals surface area contributed by atoms with E-state index in [-0.39, 0.29) is 24.0 Å². The van der Waals surface area contributed by atoms with E-state index in [1.165, 1.54) is 12.1 Å². The van der Waals surface area contributed by atoms with E-state index >= 15 is 0 Å². The summed E-state index contributed by atoms with van der Waals surface area (Å²) in [5, 5.41) is 16.5. The molecule has 8 nitrogen and oxygen atoms in total. The van der Waals surface area contributed by atoms with Crippen molar-refractivity contribution in [3.05, 3.63) is 63.7 Å². The summed E-state index contributed by atoms with van der Waals surface area (Å²) < 4.78 is 0. The second-order valence-corrected chi connectivity index (χ2v) is 6.21. The lowest BCUT2D eigenvalue weighted by Crippen LogP contribution is -2.30. The van der Waals surface area contributed by atoms with Crippen molar-refractivity contribution >= 4 is 28.9 Å². The molecule has 0 heterocycles. The first-order valence-electron chi connectivity index (χ1n) is 9.03. The zero-order valence-electron chi connectivity index (χ0n) is 16.2. The Labute approximate surface area is 163 Å². The molecule has 0 aliphatic heterocycles. The number of anilines is 2. The first-order chi connectivity index (χ1) is 13.3. The summed E-state index contributed by atoms with van der Waals surface area (Å²) >= 11 is 0. The average molecular weight is 384 g/mol. The van der Waals surface area contributed by atoms with Gasteiger partial charge in [-0.1, -0.05) is 6.07 Å². The van der Waals surface area contributed by atoms with Crippen LogP contribution in [0.4, 0.5) is 17.1 Å².